The number of rotatable bonds is 10. The molecule has 3 atom stereocenters. The van der Waals surface area contributed by atoms with Gasteiger partial charge in [0.2, 0.25) is 0 Å². The predicted octanol–water partition coefficient (Wildman–Crippen LogP) is -0.685. The van der Waals surface area contributed by atoms with Gasteiger partial charge in [-0.25, -0.2) is 9.36 Å². The molecule has 10 heteroatoms. The molecule has 0 spiro atoms. The zero-order valence-corrected chi connectivity index (χ0v) is 11.9. The van der Waals surface area contributed by atoms with Gasteiger partial charge in [0, 0.05) is 14.2 Å². The fraction of sp³-hybridized carbons (Fsp3) is 0.889. The van der Waals surface area contributed by atoms with Gasteiger partial charge in [0.1, 0.15) is 6.10 Å². The third-order valence-electron chi connectivity index (χ3n) is 1.98. The summed E-state index contributed by atoms with van der Waals surface area (Å²) in [6.45, 7) is -0.796. The van der Waals surface area contributed by atoms with Gasteiger partial charge >= 0.3 is 13.8 Å². The second-order valence-corrected chi connectivity index (χ2v) is 4.87. The van der Waals surface area contributed by atoms with E-state index in [0.29, 0.717) is 0 Å². The number of aliphatic hydroxyl groups excluding tert-OH is 1. The molecule has 0 fully saturated rings. The minimum Gasteiger partial charge on any atom is -0.467 e. The lowest BCUT2D eigenvalue weighted by molar-refractivity contribution is -0.152. The Balaban J connectivity index is 4.10. The fourth-order valence-corrected chi connectivity index (χ4v) is 1.71. The second kappa shape index (κ2) is 9.38. The van der Waals surface area contributed by atoms with Crippen molar-refractivity contribution in [3.63, 3.8) is 0 Å². The first-order chi connectivity index (χ1) is 8.86. The quantitative estimate of drug-likeness (QED) is 0.399. The number of aliphatic hydroxyl groups is 1. The van der Waals surface area contributed by atoms with E-state index >= 15 is 0 Å². The van der Waals surface area contributed by atoms with Gasteiger partial charge < -0.3 is 24.2 Å². The van der Waals surface area contributed by atoms with E-state index < -0.39 is 32.6 Å². The van der Waals surface area contributed by atoms with Crippen LogP contribution < -0.4 is 0 Å². The summed E-state index contributed by atoms with van der Waals surface area (Å²) < 4.78 is 34.4. The Morgan fingerprint density at radius 3 is 2.21 bits per heavy atom. The summed E-state index contributed by atoms with van der Waals surface area (Å²) in [7, 11) is -0.502. The maximum Gasteiger partial charge on any atom is 0.472 e. The van der Waals surface area contributed by atoms with E-state index in [-0.39, 0.29) is 13.2 Å². The van der Waals surface area contributed by atoms with Crippen LogP contribution in [0.1, 0.15) is 0 Å². The predicted molar refractivity (Wildman–Crippen MR) is 62.4 cm³/mol. The first kappa shape index (κ1) is 18.5. The van der Waals surface area contributed by atoms with E-state index in [1.807, 2.05) is 0 Å². The summed E-state index contributed by atoms with van der Waals surface area (Å²) in [6, 6.07) is 0. The van der Waals surface area contributed by atoms with Crippen LogP contribution in [0.25, 0.3) is 0 Å². The first-order valence-corrected chi connectivity index (χ1v) is 6.75. The van der Waals surface area contributed by atoms with Gasteiger partial charge in [-0.05, 0) is 0 Å². The number of carbonyl (C=O) groups is 1. The van der Waals surface area contributed by atoms with Gasteiger partial charge in [-0.1, -0.05) is 0 Å². The number of ether oxygens (including phenoxy) is 3. The number of hydrogen-bond acceptors (Lipinski definition) is 8. The Hall–Kier alpha value is -0.540. The van der Waals surface area contributed by atoms with Crippen LogP contribution in [0.15, 0.2) is 0 Å². The molecule has 19 heavy (non-hydrogen) atoms. The Bertz CT molecular complexity index is 308. The van der Waals surface area contributed by atoms with Crippen molar-refractivity contribution < 1.29 is 42.6 Å². The largest absolute Gasteiger partial charge is 0.472 e. The van der Waals surface area contributed by atoms with E-state index in [1.54, 1.807) is 0 Å². The van der Waals surface area contributed by atoms with Gasteiger partial charge in [0.25, 0.3) is 0 Å². The highest BCUT2D eigenvalue weighted by atomic mass is 31.2. The average molecular weight is 302 g/mol. The number of phosphoric acid groups is 1. The average Bonchev–Trinajstić information content (AvgIpc) is 2.39. The Morgan fingerprint density at radius 1 is 1.16 bits per heavy atom. The molecule has 0 aromatic carbocycles. The standard InChI is InChI=1S/C9H19O9P/c1-14-4-7(15-2)5-17-19(12,13)18-6-8(10)9(11)16-3/h7-8,10H,4-6H2,1-3H3,(H,12,13). The molecule has 0 amide bonds. The van der Waals surface area contributed by atoms with E-state index in [9.17, 15) is 14.3 Å². The van der Waals surface area contributed by atoms with Gasteiger partial charge in [0.05, 0.1) is 26.9 Å². The Kier molecular flexibility index (Phi) is 9.11. The molecule has 3 unspecified atom stereocenters. The highest BCUT2D eigenvalue weighted by Crippen LogP contribution is 2.43. The van der Waals surface area contributed by atoms with Crippen LogP contribution in [-0.4, -0.2) is 69.3 Å². The molecule has 2 N–H and O–H groups in total. The van der Waals surface area contributed by atoms with Gasteiger partial charge in [0.15, 0.2) is 6.10 Å². The maximum absolute atomic E-state index is 11.4. The van der Waals surface area contributed by atoms with Crippen LogP contribution in [0.3, 0.4) is 0 Å². The SMILES string of the molecule is COCC(COP(=O)(O)OCC(O)C(=O)OC)OC. The van der Waals surface area contributed by atoms with Crippen LogP contribution in [-0.2, 0) is 32.6 Å². The first-order valence-electron chi connectivity index (χ1n) is 5.25. The number of carbonyl (C=O) groups excluding carboxylic acids is 1. The molecule has 0 aliphatic heterocycles. The fourth-order valence-electron chi connectivity index (χ4n) is 0.954. The van der Waals surface area contributed by atoms with Crippen molar-refractivity contribution in [1.82, 2.24) is 0 Å². The van der Waals surface area contributed by atoms with E-state index in [1.165, 1.54) is 14.2 Å². The van der Waals surface area contributed by atoms with Gasteiger partial charge in [-0.2, -0.15) is 0 Å². The molecule has 114 valence electrons. The molecule has 0 saturated heterocycles. The third kappa shape index (κ3) is 8.27. The maximum atomic E-state index is 11.4. The third-order valence-corrected chi connectivity index (χ3v) is 2.93. The van der Waals surface area contributed by atoms with E-state index in [0.717, 1.165) is 7.11 Å². The molecule has 0 aliphatic rings. The number of esters is 1. The van der Waals surface area contributed by atoms with Crippen molar-refractivity contribution in [2.45, 2.75) is 12.2 Å². The number of hydrogen-bond donors (Lipinski definition) is 2. The Labute approximate surface area is 111 Å². The molecule has 0 saturated carbocycles. The molecule has 9 nitrogen and oxygen atoms in total. The molecule has 0 aromatic heterocycles. The van der Waals surface area contributed by atoms with Crippen molar-refractivity contribution in [3.8, 4) is 0 Å². The number of methoxy groups -OCH3 is 3. The summed E-state index contributed by atoms with van der Waals surface area (Å²) >= 11 is 0. The highest BCUT2D eigenvalue weighted by molar-refractivity contribution is 7.47. The zero-order valence-electron chi connectivity index (χ0n) is 11.0. The second-order valence-electron chi connectivity index (χ2n) is 3.41. The van der Waals surface area contributed by atoms with Crippen LogP contribution >= 0.6 is 7.82 Å². The summed E-state index contributed by atoms with van der Waals surface area (Å²) in [5.41, 5.74) is 0. The normalized spacial score (nSPS) is 17.5. The summed E-state index contributed by atoms with van der Waals surface area (Å²) in [5.74, 6) is -0.978. The lowest BCUT2D eigenvalue weighted by atomic mass is 10.4. The molecule has 0 rings (SSSR count). The minimum absolute atomic E-state index is 0.168. The lowest BCUT2D eigenvalue weighted by Gasteiger charge is -2.18. The molecule has 0 aromatic rings. The zero-order chi connectivity index (χ0) is 14.9. The molecule has 0 radical (unpaired) electrons. The van der Waals surface area contributed by atoms with Gasteiger partial charge in [-0.15, -0.1) is 0 Å². The van der Waals surface area contributed by atoms with Crippen LogP contribution in [0.5, 0.6) is 0 Å². The minimum atomic E-state index is -4.39. The summed E-state index contributed by atoms with van der Waals surface area (Å²) in [4.78, 5) is 20.1. The van der Waals surface area contributed by atoms with Crippen LogP contribution in [0.2, 0.25) is 0 Å². The van der Waals surface area contributed by atoms with Crippen LogP contribution in [0, 0.1) is 0 Å². The smallest absolute Gasteiger partial charge is 0.467 e. The highest BCUT2D eigenvalue weighted by Gasteiger charge is 2.27. The van der Waals surface area contributed by atoms with Crippen LogP contribution in [0.4, 0.5) is 0 Å². The lowest BCUT2D eigenvalue weighted by Crippen LogP contribution is -2.27. The van der Waals surface area contributed by atoms with Crippen molar-refractivity contribution in [2.75, 3.05) is 41.2 Å². The van der Waals surface area contributed by atoms with Crippen molar-refractivity contribution in [1.29, 1.82) is 0 Å². The van der Waals surface area contributed by atoms with Crippen molar-refractivity contribution in [3.05, 3.63) is 0 Å². The summed E-state index contributed by atoms with van der Waals surface area (Å²) in [6.07, 6.45) is -2.20. The van der Waals surface area contributed by atoms with E-state index in [2.05, 4.69) is 13.8 Å². The van der Waals surface area contributed by atoms with Crippen molar-refractivity contribution >= 4 is 13.8 Å². The monoisotopic (exact) mass is 302 g/mol. The Morgan fingerprint density at radius 2 is 1.74 bits per heavy atom. The molecule has 0 bridgehead atoms. The van der Waals surface area contributed by atoms with Crippen molar-refractivity contribution in [2.24, 2.45) is 0 Å². The molecular weight excluding hydrogens is 283 g/mol. The number of phosphoric ester groups is 1. The summed E-state index contributed by atoms with van der Waals surface area (Å²) in [5, 5.41) is 9.16. The van der Waals surface area contributed by atoms with Gasteiger partial charge in [-0.3, -0.25) is 9.05 Å². The topological polar surface area (TPSA) is 121 Å². The van der Waals surface area contributed by atoms with E-state index in [4.69, 9.17) is 14.6 Å². The molecule has 0 heterocycles. The molecule has 0 aliphatic carbocycles. The molecular formula is C9H19O9P.